The Labute approximate surface area is 166 Å². The van der Waals surface area contributed by atoms with Crippen molar-refractivity contribution >= 4 is 16.7 Å². The maximum atomic E-state index is 5.39. The maximum absolute atomic E-state index is 5.39. The van der Waals surface area contributed by atoms with Gasteiger partial charge < -0.3 is 9.47 Å². The van der Waals surface area contributed by atoms with Crippen molar-refractivity contribution in [2.24, 2.45) is 0 Å². The van der Waals surface area contributed by atoms with E-state index in [2.05, 4.69) is 15.2 Å². The molecule has 29 heavy (non-hydrogen) atoms. The molecule has 144 valence electrons. The largest absolute Gasteiger partial charge is 0.493 e. The van der Waals surface area contributed by atoms with E-state index in [1.165, 1.54) is 0 Å². The molecule has 0 aliphatic carbocycles. The van der Waals surface area contributed by atoms with Crippen molar-refractivity contribution in [1.29, 1.82) is 0 Å². The van der Waals surface area contributed by atoms with Crippen LogP contribution in [0.4, 0.5) is 0 Å². The average molecular weight is 386 g/mol. The molecule has 0 saturated heterocycles. The first-order valence-electron chi connectivity index (χ1n) is 9.07. The molecular formula is C21H18N6O2. The van der Waals surface area contributed by atoms with Gasteiger partial charge >= 0.3 is 0 Å². The standard InChI is InChI=1S/C21H18N6O2/c1-13-6-4-5-7-16(13)27-20-15(11-23-27)21-24-19(25-26(21)12-22-20)14-8-9-17(28-2)18(10-14)29-3/h4-12H,1-3H3. The van der Waals surface area contributed by atoms with Crippen molar-refractivity contribution in [3.05, 3.63) is 60.6 Å². The second kappa shape index (κ2) is 6.59. The third-order valence-electron chi connectivity index (χ3n) is 4.89. The predicted molar refractivity (Wildman–Crippen MR) is 109 cm³/mol. The topological polar surface area (TPSA) is 79.4 Å². The summed E-state index contributed by atoms with van der Waals surface area (Å²) in [5, 5.41) is 9.95. The van der Waals surface area contributed by atoms with Gasteiger partial charge in [-0.25, -0.2) is 19.2 Å². The number of nitrogens with zero attached hydrogens (tertiary/aromatic N) is 6. The smallest absolute Gasteiger partial charge is 0.182 e. The third-order valence-corrected chi connectivity index (χ3v) is 4.89. The predicted octanol–water partition coefficient (Wildman–Crippen LogP) is 3.46. The minimum Gasteiger partial charge on any atom is -0.493 e. The van der Waals surface area contributed by atoms with Gasteiger partial charge in [0.15, 0.2) is 28.6 Å². The summed E-state index contributed by atoms with van der Waals surface area (Å²) in [6.45, 7) is 2.05. The summed E-state index contributed by atoms with van der Waals surface area (Å²) in [6, 6.07) is 13.7. The van der Waals surface area contributed by atoms with Crippen LogP contribution in [0.15, 0.2) is 55.0 Å². The van der Waals surface area contributed by atoms with Crippen LogP contribution in [0.3, 0.4) is 0 Å². The van der Waals surface area contributed by atoms with E-state index in [9.17, 15) is 0 Å². The fourth-order valence-corrected chi connectivity index (χ4v) is 3.40. The average Bonchev–Trinajstić information content (AvgIpc) is 3.37. The Hall–Kier alpha value is -3.94. The molecule has 2 aromatic carbocycles. The number of ether oxygens (including phenoxy) is 2. The first-order chi connectivity index (χ1) is 14.2. The molecule has 5 aromatic rings. The van der Waals surface area contributed by atoms with Gasteiger partial charge in [-0.05, 0) is 36.8 Å². The molecule has 0 radical (unpaired) electrons. The highest BCUT2D eigenvalue weighted by atomic mass is 16.5. The van der Waals surface area contributed by atoms with Gasteiger partial charge in [-0.2, -0.15) is 5.10 Å². The molecule has 0 bridgehead atoms. The number of rotatable bonds is 4. The highest BCUT2D eigenvalue weighted by Gasteiger charge is 2.16. The molecule has 3 heterocycles. The molecule has 0 fully saturated rings. The summed E-state index contributed by atoms with van der Waals surface area (Å²) < 4.78 is 14.2. The van der Waals surface area contributed by atoms with Gasteiger partial charge in [0.1, 0.15) is 6.33 Å². The van der Waals surface area contributed by atoms with Crippen molar-refractivity contribution < 1.29 is 9.47 Å². The molecule has 0 amide bonds. The lowest BCUT2D eigenvalue weighted by Crippen LogP contribution is -2.00. The first kappa shape index (κ1) is 17.2. The number of methoxy groups -OCH3 is 2. The van der Waals surface area contributed by atoms with Crippen molar-refractivity contribution in [3.8, 4) is 28.6 Å². The highest BCUT2D eigenvalue weighted by molar-refractivity contribution is 5.90. The van der Waals surface area contributed by atoms with E-state index in [4.69, 9.17) is 14.5 Å². The Kier molecular flexibility index (Phi) is 3.90. The van der Waals surface area contributed by atoms with Crippen molar-refractivity contribution in [2.75, 3.05) is 14.2 Å². The molecule has 0 aliphatic heterocycles. The zero-order valence-electron chi connectivity index (χ0n) is 16.2. The first-order valence-corrected chi connectivity index (χ1v) is 9.07. The number of fused-ring (bicyclic) bond motifs is 3. The van der Waals surface area contributed by atoms with Gasteiger partial charge in [0.25, 0.3) is 0 Å². The Bertz CT molecular complexity index is 1350. The van der Waals surface area contributed by atoms with Crippen LogP contribution in [0.2, 0.25) is 0 Å². The molecule has 3 aromatic heterocycles. The van der Waals surface area contributed by atoms with Gasteiger partial charge in [0.05, 0.1) is 31.5 Å². The number of para-hydroxylation sites is 1. The van der Waals surface area contributed by atoms with E-state index >= 15 is 0 Å². The molecule has 0 saturated carbocycles. The lowest BCUT2D eigenvalue weighted by molar-refractivity contribution is 0.355. The third kappa shape index (κ3) is 2.68. The van der Waals surface area contributed by atoms with Crippen LogP contribution in [0.25, 0.3) is 33.8 Å². The summed E-state index contributed by atoms with van der Waals surface area (Å²) in [6.07, 6.45) is 3.43. The van der Waals surface area contributed by atoms with Gasteiger partial charge in [0, 0.05) is 5.56 Å². The quantitative estimate of drug-likeness (QED) is 0.471. The molecule has 0 spiro atoms. The van der Waals surface area contributed by atoms with E-state index in [1.54, 1.807) is 31.3 Å². The molecule has 5 rings (SSSR count). The van der Waals surface area contributed by atoms with Gasteiger partial charge in [-0.15, -0.1) is 5.10 Å². The number of hydrogen-bond acceptors (Lipinski definition) is 6. The summed E-state index contributed by atoms with van der Waals surface area (Å²) in [5.41, 5.74) is 4.36. The summed E-state index contributed by atoms with van der Waals surface area (Å²) in [4.78, 5) is 9.30. The SMILES string of the molecule is COc1ccc(-c2nc3c4cnn(-c5ccccc5C)c4ncn3n2)cc1OC. The lowest BCUT2D eigenvalue weighted by Gasteiger charge is -2.07. The molecule has 8 heteroatoms. The van der Waals surface area contributed by atoms with E-state index < -0.39 is 0 Å². The van der Waals surface area contributed by atoms with E-state index in [0.717, 1.165) is 27.8 Å². The Balaban J connectivity index is 1.67. The van der Waals surface area contributed by atoms with Crippen LogP contribution in [0.1, 0.15) is 5.56 Å². The van der Waals surface area contributed by atoms with Crippen LogP contribution in [-0.2, 0) is 0 Å². The molecule has 8 nitrogen and oxygen atoms in total. The minimum absolute atomic E-state index is 0.573. The molecule has 0 aliphatic rings. The monoisotopic (exact) mass is 386 g/mol. The van der Waals surface area contributed by atoms with E-state index in [-0.39, 0.29) is 0 Å². The fraction of sp³-hybridized carbons (Fsp3) is 0.143. The van der Waals surface area contributed by atoms with Crippen LogP contribution >= 0.6 is 0 Å². The molecule has 0 unspecified atom stereocenters. The number of hydrogen-bond donors (Lipinski definition) is 0. The maximum Gasteiger partial charge on any atom is 0.182 e. The summed E-state index contributed by atoms with van der Waals surface area (Å²) in [7, 11) is 3.21. The number of aromatic nitrogens is 6. The van der Waals surface area contributed by atoms with Crippen molar-refractivity contribution in [1.82, 2.24) is 29.4 Å². The van der Waals surface area contributed by atoms with Crippen molar-refractivity contribution in [3.63, 3.8) is 0 Å². The fourth-order valence-electron chi connectivity index (χ4n) is 3.40. The van der Waals surface area contributed by atoms with E-state index in [1.807, 2.05) is 54.1 Å². The summed E-state index contributed by atoms with van der Waals surface area (Å²) in [5.74, 6) is 1.85. The zero-order valence-corrected chi connectivity index (χ0v) is 16.2. The number of aryl methyl sites for hydroxylation is 1. The Morgan fingerprint density at radius 1 is 0.931 bits per heavy atom. The van der Waals surface area contributed by atoms with Crippen molar-refractivity contribution in [2.45, 2.75) is 6.92 Å². The van der Waals surface area contributed by atoms with Crippen LogP contribution < -0.4 is 9.47 Å². The second-order valence-corrected chi connectivity index (χ2v) is 6.60. The Morgan fingerprint density at radius 2 is 1.76 bits per heavy atom. The molecule has 0 atom stereocenters. The van der Waals surface area contributed by atoms with Crippen LogP contribution in [0.5, 0.6) is 11.5 Å². The molecule has 0 N–H and O–H groups in total. The van der Waals surface area contributed by atoms with Gasteiger partial charge in [-0.3, -0.25) is 0 Å². The summed E-state index contributed by atoms with van der Waals surface area (Å²) >= 11 is 0. The highest BCUT2D eigenvalue weighted by Crippen LogP contribution is 2.31. The van der Waals surface area contributed by atoms with Gasteiger partial charge in [0.2, 0.25) is 0 Å². The van der Waals surface area contributed by atoms with E-state index in [0.29, 0.717) is 23.0 Å². The Morgan fingerprint density at radius 3 is 2.55 bits per heavy atom. The molecular weight excluding hydrogens is 368 g/mol. The number of benzene rings is 2. The van der Waals surface area contributed by atoms with Crippen LogP contribution in [-0.4, -0.2) is 43.6 Å². The second-order valence-electron chi connectivity index (χ2n) is 6.60. The van der Waals surface area contributed by atoms with Gasteiger partial charge in [-0.1, -0.05) is 18.2 Å². The van der Waals surface area contributed by atoms with Crippen LogP contribution in [0, 0.1) is 6.92 Å². The zero-order chi connectivity index (χ0) is 20.0. The normalized spacial score (nSPS) is 11.3. The lowest BCUT2D eigenvalue weighted by atomic mass is 10.2. The minimum atomic E-state index is 0.573.